The van der Waals surface area contributed by atoms with Crippen molar-refractivity contribution in [1.82, 2.24) is 0 Å². The Labute approximate surface area is 286 Å². The molecule has 0 heterocycles. The molecule has 0 fully saturated rings. The number of benzene rings is 4. The topological polar surface area (TPSA) is 0 Å². The number of hydrogen-bond donors (Lipinski definition) is 0. The summed E-state index contributed by atoms with van der Waals surface area (Å²) in [6, 6.07) is 41.6. The van der Waals surface area contributed by atoms with Crippen LogP contribution in [0.25, 0.3) is 43.8 Å². The molecule has 0 nitrogen and oxygen atoms in total. The van der Waals surface area contributed by atoms with Crippen molar-refractivity contribution in [3.8, 4) is 22.3 Å². The molecular formula is C43H48Hf. The van der Waals surface area contributed by atoms with Crippen LogP contribution >= 0.6 is 0 Å². The minimum atomic E-state index is -0.00930. The number of hydrogen-bond acceptors (Lipinski definition) is 0. The first-order chi connectivity index (χ1) is 20.1. The van der Waals surface area contributed by atoms with E-state index in [0.717, 1.165) is 38.5 Å². The van der Waals surface area contributed by atoms with Crippen molar-refractivity contribution in [2.45, 2.75) is 71.6 Å². The molecule has 0 atom stereocenters. The summed E-state index contributed by atoms with van der Waals surface area (Å²) in [5.41, 5.74) is 11.2. The van der Waals surface area contributed by atoms with Crippen LogP contribution in [0.3, 0.4) is 0 Å². The molecule has 0 aliphatic carbocycles. The van der Waals surface area contributed by atoms with Crippen molar-refractivity contribution in [3.05, 3.63) is 146 Å². The molecule has 0 saturated carbocycles. The third-order valence-corrected chi connectivity index (χ3v) is 9.34. The molecule has 44 heavy (non-hydrogen) atoms. The van der Waals surface area contributed by atoms with Crippen LogP contribution in [0, 0.1) is 14.9 Å². The van der Waals surface area contributed by atoms with E-state index in [1.54, 1.807) is 0 Å². The van der Waals surface area contributed by atoms with Crippen molar-refractivity contribution in [1.29, 1.82) is 0 Å². The SMILES string of the molecule is CCCC(CCC)(c1cc2c(-c3ccccc3CC)cccc2[cH-]1)c1cc2c(-c3ccccc3CC)cccc2[cH-]1.[CH3-].[CH3-].[Hf+4]. The quantitative estimate of drug-likeness (QED) is 0.0968. The number of rotatable bonds is 10. The standard InChI is InChI=1S/C41H42.2CH3.Hf/c1-5-23-41(24-6-2,33-25-31-17-13-21-37(39(31)27-33)35-19-11-9-15-29(35)7-3)34-26-32-18-14-22-38(40(32)28-34)36-20-12-10-16-30(36)8-4;;;/h9-22,25-28H,5-8,23-24H2,1-4H3;2*1H3;/q-2;2*-1;+4. The number of aryl methyl sites for hydroxylation is 2. The van der Waals surface area contributed by atoms with Gasteiger partial charge in [-0.2, -0.15) is 12.1 Å². The number of fused-ring (bicyclic) bond motifs is 2. The summed E-state index contributed by atoms with van der Waals surface area (Å²) in [6.45, 7) is 9.22. The van der Waals surface area contributed by atoms with Crippen molar-refractivity contribution in [3.63, 3.8) is 0 Å². The summed E-state index contributed by atoms with van der Waals surface area (Å²) in [6.07, 6.45) is 6.68. The van der Waals surface area contributed by atoms with E-state index in [4.69, 9.17) is 0 Å². The second-order valence-electron chi connectivity index (χ2n) is 11.7. The van der Waals surface area contributed by atoms with Crippen LogP contribution in [0.4, 0.5) is 0 Å². The van der Waals surface area contributed by atoms with Gasteiger partial charge in [0.25, 0.3) is 0 Å². The Morgan fingerprint density at radius 3 is 1.27 bits per heavy atom. The van der Waals surface area contributed by atoms with Gasteiger partial charge in [-0.15, -0.1) is 69.1 Å². The molecule has 0 saturated heterocycles. The summed E-state index contributed by atoms with van der Waals surface area (Å²) in [7, 11) is 0. The first kappa shape index (κ1) is 35.4. The zero-order chi connectivity index (χ0) is 28.4. The van der Waals surface area contributed by atoms with E-state index in [9.17, 15) is 0 Å². The first-order valence-corrected chi connectivity index (χ1v) is 15.7. The molecule has 0 N–H and O–H groups in total. The smallest absolute Gasteiger partial charge is 0.358 e. The van der Waals surface area contributed by atoms with Crippen molar-refractivity contribution in [2.75, 3.05) is 0 Å². The van der Waals surface area contributed by atoms with Gasteiger partial charge in [0, 0.05) is 0 Å². The largest absolute Gasteiger partial charge is 4.00 e. The Morgan fingerprint density at radius 2 is 0.886 bits per heavy atom. The van der Waals surface area contributed by atoms with E-state index in [-0.39, 0.29) is 46.1 Å². The van der Waals surface area contributed by atoms with Crippen LogP contribution in [-0.4, -0.2) is 0 Å². The molecule has 0 aromatic heterocycles. The van der Waals surface area contributed by atoms with Gasteiger partial charge in [0.1, 0.15) is 0 Å². The fourth-order valence-corrected chi connectivity index (χ4v) is 7.40. The molecule has 0 bridgehead atoms. The second-order valence-corrected chi connectivity index (χ2v) is 11.7. The van der Waals surface area contributed by atoms with Crippen LogP contribution < -0.4 is 0 Å². The summed E-state index contributed by atoms with van der Waals surface area (Å²) in [5, 5.41) is 5.48. The van der Waals surface area contributed by atoms with E-state index >= 15 is 0 Å². The fraction of sp³-hybridized carbons (Fsp3) is 0.256. The molecule has 0 radical (unpaired) electrons. The average molecular weight is 743 g/mol. The van der Waals surface area contributed by atoms with Gasteiger partial charge in [-0.25, -0.2) is 0 Å². The van der Waals surface area contributed by atoms with Crippen LogP contribution in [0.1, 0.15) is 75.6 Å². The van der Waals surface area contributed by atoms with Crippen LogP contribution in [0.5, 0.6) is 0 Å². The van der Waals surface area contributed by atoms with Gasteiger partial charge in [0.15, 0.2) is 0 Å². The molecule has 224 valence electrons. The van der Waals surface area contributed by atoms with Gasteiger partial charge >= 0.3 is 25.8 Å². The monoisotopic (exact) mass is 744 g/mol. The summed E-state index contributed by atoms with van der Waals surface area (Å²) >= 11 is 0. The van der Waals surface area contributed by atoms with E-state index < -0.39 is 0 Å². The van der Waals surface area contributed by atoms with Gasteiger partial charge in [-0.1, -0.05) is 112 Å². The second kappa shape index (κ2) is 15.3. The Morgan fingerprint density at radius 1 is 0.500 bits per heavy atom. The average Bonchev–Trinajstić information content (AvgIpc) is 3.66. The van der Waals surface area contributed by atoms with E-state index in [0.29, 0.717) is 0 Å². The van der Waals surface area contributed by atoms with Crippen LogP contribution in [0.2, 0.25) is 0 Å². The minimum absolute atomic E-state index is 0. The Balaban J connectivity index is 0.00000176. The first-order valence-electron chi connectivity index (χ1n) is 15.7. The summed E-state index contributed by atoms with van der Waals surface area (Å²) < 4.78 is 0. The van der Waals surface area contributed by atoms with Crippen LogP contribution in [0.15, 0.2) is 109 Å². The van der Waals surface area contributed by atoms with Crippen LogP contribution in [-0.2, 0) is 44.1 Å². The molecule has 0 amide bonds. The zero-order valence-corrected chi connectivity index (χ0v) is 31.2. The zero-order valence-electron chi connectivity index (χ0n) is 27.6. The maximum absolute atomic E-state index is 2.54. The van der Waals surface area contributed by atoms with E-state index in [2.05, 4.69) is 137 Å². The Kier molecular flexibility index (Phi) is 12.3. The van der Waals surface area contributed by atoms with Gasteiger partial charge in [-0.05, 0) is 53.4 Å². The third kappa shape index (κ3) is 6.23. The van der Waals surface area contributed by atoms with Gasteiger partial charge in [0.2, 0.25) is 0 Å². The molecule has 0 aliphatic rings. The molecule has 0 spiro atoms. The minimum Gasteiger partial charge on any atom is -0.358 e. The molecular weight excluding hydrogens is 695 g/mol. The normalized spacial score (nSPS) is 11.2. The fourth-order valence-electron chi connectivity index (χ4n) is 7.40. The molecule has 6 aromatic rings. The Bertz CT molecular complexity index is 1660. The van der Waals surface area contributed by atoms with E-state index in [1.165, 1.54) is 66.1 Å². The van der Waals surface area contributed by atoms with Gasteiger partial charge < -0.3 is 14.9 Å². The summed E-state index contributed by atoms with van der Waals surface area (Å²) in [4.78, 5) is 0. The van der Waals surface area contributed by atoms with Crippen molar-refractivity contribution < 1.29 is 25.8 Å². The predicted octanol–water partition coefficient (Wildman–Crippen LogP) is 12.7. The maximum atomic E-state index is 2.54. The van der Waals surface area contributed by atoms with Crippen molar-refractivity contribution >= 4 is 21.5 Å². The molecule has 1 heteroatoms. The molecule has 0 aliphatic heterocycles. The van der Waals surface area contributed by atoms with Gasteiger partial charge in [-0.3, -0.25) is 0 Å². The predicted molar refractivity (Wildman–Crippen MR) is 192 cm³/mol. The summed E-state index contributed by atoms with van der Waals surface area (Å²) in [5.74, 6) is 0. The van der Waals surface area contributed by atoms with E-state index in [1.807, 2.05) is 0 Å². The third-order valence-electron chi connectivity index (χ3n) is 9.34. The molecule has 6 aromatic carbocycles. The van der Waals surface area contributed by atoms with Crippen molar-refractivity contribution in [2.24, 2.45) is 0 Å². The van der Waals surface area contributed by atoms with Gasteiger partial charge in [0.05, 0.1) is 0 Å². The molecule has 6 rings (SSSR count). The maximum Gasteiger partial charge on any atom is 4.00 e. The Hall–Kier alpha value is -3.03. The molecule has 0 unspecified atom stereocenters.